The summed E-state index contributed by atoms with van der Waals surface area (Å²) in [6.07, 6.45) is 3.83. The number of hydrogen-bond acceptors (Lipinski definition) is 3. The largest absolute Gasteiger partial charge is 0.485 e. The van der Waals surface area contributed by atoms with Crippen molar-refractivity contribution in [3.05, 3.63) is 58.1 Å². The third-order valence-electron chi connectivity index (χ3n) is 2.27. The number of aldehydes is 1. The molecular weight excluding hydrogens is 301 g/mol. The van der Waals surface area contributed by atoms with Crippen molar-refractivity contribution in [3.63, 3.8) is 0 Å². The average Bonchev–Trinajstić information content (AvgIpc) is 2.37. The molecule has 0 unspecified atom stereocenters. The summed E-state index contributed by atoms with van der Waals surface area (Å²) in [6.45, 7) is 0.147. The van der Waals surface area contributed by atoms with Gasteiger partial charge in [-0.05, 0) is 34.1 Å². The summed E-state index contributed by atoms with van der Waals surface area (Å²) in [7, 11) is 0. The van der Waals surface area contributed by atoms with Crippen LogP contribution in [0.4, 0.5) is 4.39 Å². The molecule has 0 radical (unpaired) electrons. The Kier molecular flexibility index (Phi) is 4.04. The van der Waals surface area contributed by atoms with Crippen LogP contribution in [0.15, 0.2) is 41.1 Å². The van der Waals surface area contributed by atoms with E-state index >= 15 is 0 Å². The molecule has 0 saturated heterocycles. The summed E-state index contributed by atoms with van der Waals surface area (Å²) in [5.41, 5.74) is 0.974. The van der Waals surface area contributed by atoms with Crippen LogP contribution in [0, 0.1) is 5.82 Å². The maximum atomic E-state index is 13.5. The van der Waals surface area contributed by atoms with Crippen molar-refractivity contribution in [2.24, 2.45) is 0 Å². The second kappa shape index (κ2) is 5.73. The number of carbonyl (C=O) groups excluding carboxylic acids is 1. The number of aromatic nitrogens is 1. The molecule has 92 valence electrons. The number of halogens is 2. The topological polar surface area (TPSA) is 39.2 Å². The van der Waals surface area contributed by atoms with Gasteiger partial charge in [0.05, 0.1) is 5.56 Å². The minimum Gasteiger partial charge on any atom is -0.485 e. The molecule has 0 aliphatic rings. The molecule has 3 nitrogen and oxygen atoms in total. The highest BCUT2D eigenvalue weighted by Crippen LogP contribution is 2.22. The van der Waals surface area contributed by atoms with E-state index in [0.29, 0.717) is 6.29 Å². The normalized spacial score (nSPS) is 10.1. The Morgan fingerprint density at radius 2 is 2.22 bits per heavy atom. The van der Waals surface area contributed by atoms with Crippen LogP contribution < -0.4 is 4.74 Å². The molecule has 2 rings (SSSR count). The molecule has 1 aromatic carbocycles. The zero-order valence-corrected chi connectivity index (χ0v) is 10.9. The Morgan fingerprint density at radius 3 is 2.94 bits per heavy atom. The van der Waals surface area contributed by atoms with Crippen LogP contribution in [-0.4, -0.2) is 11.3 Å². The van der Waals surface area contributed by atoms with E-state index in [1.165, 1.54) is 18.2 Å². The molecule has 0 fully saturated rings. The predicted octanol–water partition coefficient (Wildman–Crippen LogP) is 3.37. The monoisotopic (exact) mass is 309 g/mol. The highest BCUT2D eigenvalue weighted by Gasteiger charge is 2.09. The second-order valence-corrected chi connectivity index (χ2v) is 4.49. The van der Waals surface area contributed by atoms with Crippen molar-refractivity contribution < 1.29 is 13.9 Å². The molecule has 0 atom stereocenters. The van der Waals surface area contributed by atoms with E-state index in [1.54, 1.807) is 12.4 Å². The minimum atomic E-state index is -0.553. The van der Waals surface area contributed by atoms with Gasteiger partial charge in [-0.3, -0.25) is 9.78 Å². The fourth-order valence-corrected chi connectivity index (χ4v) is 1.87. The van der Waals surface area contributed by atoms with Crippen molar-refractivity contribution in [1.82, 2.24) is 4.98 Å². The maximum Gasteiger partial charge on any atom is 0.165 e. The lowest BCUT2D eigenvalue weighted by Crippen LogP contribution is -2.01. The van der Waals surface area contributed by atoms with Gasteiger partial charge in [0.25, 0.3) is 0 Å². The van der Waals surface area contributed by atoms with E-state index in [1.807, 2.05) is 6.07 Å². The van der Waals surface area contributed by atoms with Gasteiger partial charge in [-0.25, -0.2) is 4.39 Å². The van der Waals surface area contributed by atoms with Crippen LogP contribution in [0.2, 0.25) is 0 Å². The third-order valence-corrected chi connectivity index (χ3v) is 2.70. The average molecular weight is 310 g/mol. The number of nitrogens with zero attached hydrogens (tertiary/aromatic N) is 1. The summed E-state index contributed by atoms with van der Waals surface area (Å²) in [6, 6.07) is 6.03. The number of rotatable bonds is 4. The highest BCUT2D eigenvalue weighted by molar-refractivity contribution is 9.10. The molecule has 1 heterocycles. The van der Waals surface area contributed by atoms with E-state index < -0.39 is 5.82 Å². The Morgan fingerprint density at radius 1 is 1.39 bits per heavy atom. The van der Waals surface area contributed by atoms with Crippen LogP contribution in [0.1, 0.15) is 15.9 Å². The SMILES string of the molecule is O=Cc1cccc(F)c1OCc1cncc(Br)c1. The highest BCUT2D eigenvalue weighted by atomic mass is 79.9. The van der Waals surface area contributed by atoms with Crippen molar-refractivity contribution >= 4 is 22.2 Å². The number of carbonyl (C=O) groups is 1. The van der Waals surface area contributed by atoms with Crippen LogP contribution in [0.5, 0.6) is 5.75 Å². The van der Waals surface area contributed by atoms with Gasteiger partial charge in [-0.15, -0.1) is 0 Å². The fraction of sp³-hybridized carbons (Fsp3) is 0.0769. The molecule has 2 aromatic rings. The van der Waals surface area contributed by atoms with Gasteiger partial charge < -0.3 is 4.74 Å². The number of hydrogen-bond donors (Lipinski definition) is 0. The summed E-state index contributed by atoms with van der Waals surface area (Å²) < 4.78 is 19.7. The first-order valence-corrected chi connectivity index (χ1v) is 5.96. The van der Waals surface area contributed by atoms with Crippen molar-refractivity contribution in [3.8, 4) is 5.75 Å². The quantitative estimate of drug-likeness (QED) is 0.813. The zero-order valence-electron chi connectivity index (χ0n) is 9.27. The lowest BCUT2D eigenvalue weighted by molar-refractivity contribution is 0.111. The van der Waals surface area contributed by atoms with Gasteiger partial charge in [-0.2, -0.15) is 0 Å². The standard InChI is InChI=1S/C13H9BrFNO2/c14-11-4-9(5-16-6-11)8-18-13-10(7-17)2-1-3-12(13)15/h1-7H,8H2. The first-order valence-electron chi connectivity index (χ1n) is 5.16. The Balaban J connectivity index is 2.18. The lowest BCUT2D eigenvalue weighted by atomic mass is 10.2. The second-order valence-electron chi connectivity index (χ2n) is 3.58. The predicted molar refractivity (Wildman–Crippen MR) is 68.1 cm³/mol. The Bertz CT molecular complexity index is 575. The van der Waals surface area contributed by atoms with Crippen molar-refractivity contribution in [1.29, 1.82) is 0 Å². The molecule has 0 aliphatic carbocycles. The maximum absolute atomic E-state index is 13.5. The summed E-state index contributed by atoms with van der Waals surface area (Å²) in [5.74, 6) is -0.588. The Hall–Kier alpha value is -1.75. The number of pyridine rings is 1. The summed E-state index contributed by atoms with van der Waals surface area (Å²) >= 11 is 3.28. The number of benzene rings is 1. The van der Waals surface area contributed by atoms with Crippen LogP contribution in [0.3, 0.4) is 0 Å². The molecular formula is C13H9BrFNO2. The first-order chi connectivity index (χ1) is 8.70. The Labute approximate surface area is 112 Å². The molecule has 1 aromatic heterocycles. The first kappa shape index (κ1) is 12.7. The van der Waals surface area contributed by atoms with Gasteiger partial charge in [0, 0.05) is 22.4 Å². The summed E-state index contributed by atoms with van der Waals surface area (Å²) in [4.78, 5) is 14.7. The zero-order chi connectivity index (χ0) is 13.0. The lowest BCUT2D eigenvalue weighted by Gasteiger charge is -2.09. The van der Waals surface area contributed by atoms with Crippen LogP contribution in [0.25, 0.3) is 0 Å². The van der Waals surface area contributed by atoms with Gasteiger partial charge in [0.1, 0.15) is 6.61 Å². The van der Waals surface area contributed by atoms with Gasteiger partial charge in [-0.1, -0.05) is 6.07 Å². The molecule has 0 saturated carbocycles. The van der Waals surface area contributed by atoms with E-state index in [-0.39, 0.29) is 17.9 Å². The van der Waals surface area contributed by atoms with Crippen LogP contribution in [-0.2, 0) is 6.61 Å². The molecule has 0 bridgehead atoms. The molecule has 5 heteroatoms. The third kappa shape index (κ3) is 2.92. The van der Waals surface area contributed by atoms with Crippen LogP contribution >= 0.6 is 15.9 Å². The van der Waals surface area contributed by atoms with E-state index in [4.69, 9.17) is 4.74 Å². The molecule has 0 amide bonds. The molecule has 0 N–H and O–H groups in total. The molecule has 0 spiro atoms. The van der Waals surface area contributed by atoms with E-state index in [9.17, 15) is 9.18 Å². The van der Waals surface area contributed by atoms with Gasteiger partial charge in [0.2, 0.25) is 0 Å². The smallest absolute Gasteiger partial charge is 0.165 e. The number of para-hydroxylation sites is 1. The van der Waals surface area contributed by atoms with Gasteiger partial charge in [0.15, 0.2) is 17.9 Å². The molecule has 18 heavy (non-hydrogen) atoms. The van der Waals surface area contributed by atoms with E-state index in [0.717, 1.165) is 10.0 Å². The van der Waals surface area contributed by atoms with Crippen molar-refractivity contribution in [2.75, 3.05) is 0 Å². The number of ether oxygens (including phenoxy) is 1. The fourth-order valence-electron chi connectivity index (χ4n) is 1.46. The van der Waals surface area contributed by atoms with E-state index in [2.05, 4.69) is 20.9 Å². The molecule has 0 aliphatic heterocycles. The summed E-state index contributed by atoms with van der Waals surface area (Å²) in [5, 5.41) is 0. The van der Waals surface area contributed by atoms with Crippen molar-refractivity contribution in [2.45, 2.75) is 6.61 Å². The van der Waals surface area contributed by atoms with Gasteiger partial charge >= 0.3 is 0 Å². The minimum absolute atomic E-state index is 0.0347.